The van der Waals surface area contributed by atoms with Crippen LogP contribution in [-0.4, -0.2) is 18.0 Å². The van der Waals surface area contributed by atoms with Gasteiger partial charge in [0.1, 0.15) is 12.2 Å². The van der Waals surface area contributed by atoms with Crippen LogP contribution in [0.2, 0.25) is 0 Å². The number of rotatable bonds is 4. The highest BCUT2D eigenvalue weighted by molar-refractivity contribution is 7.14. The molecule has 0 spiro atoms. The molecule has 1 N–H and O–H groups in total. The Morgan fingerprint density at radius 1 is 1.58 bits per heavy atom. The van der Waals surface area contributed by atoms with Gasteiger partial charge in [-0.2, -0.15) is 5.26 Å². The van der Waals surface area contributed by atoms with Crippen LogP contribution < -0.4 is 10.1 Å². The monoisotopic (exact) mass is 273 g/mol. The topological polar surface area (TPSA) is 75.0 Å². The van der Waals surface area contributed by atoms with E-state index in [0.717, 1.165) is 17.0 Å². The number of nitriles is 1. The zero-order valence-corrected chi connectivity index (χ0v) is 11.0. The summed E-state index contributed by atoms with van der Waals surface area (Å²) in [5, 5.41) is 13.3. The normalized spacial score (nSPS) is 9.68. The highest BCUT2D eigenvalue weighted by Gasteiger charge is 2.08. The number of amides is 1. The Hall–Kier alpha value is -2.39. The fourth-order valence-electron chi connectivity index (χ4n) is 1.48. The van der Waals surface area contributed by atoms with E-state index in [1.165, 1.54) is 11.3 Å². The predicted molar refractivity (Wildman–Crippen MR) is 73.0 cm³/mol. The number of ether oxygens (including phenoxy) is 1. The van der Waals surface area contributed by atoms with Crippen molar-refractivity contribution in [3.05, 3.63) is 29.6 Å². The van der Waals surface area contributed by atoms with Crippen LogP contribution in [0.25, 0.3) is 11.3 Å². The molecular weight excluding hydrogens is 262 g/mol. The summed E-state index contributed by atoms with van der Waals surface area (Å²) in [6.07, 6.45) is -0.173. The first kappa shape index (κ1) is 13.1. The van der Waals surface area contributed by atoms with Gasteiger partial charge in [-0.05, 0) is 12.1 Å². The Kier molecular flexibility index (Phi) is 4.11. The molecule has 0 aliphatic heterocycles. The van der Waals surface area contributed by atoms with Gasteiger partial charge in [0.15, 0.2) is 5.13 Å². The van der Waals surface area contributed by atoms with Crippen molar-refractivity contribution in [3.63, 3.8) is 0 Å². The molecular formula is C13H11N3O2S. The van der Waals surface area contributed by atoms with E-state index in [4.69, 9.17) is 10.00 Å². The van der Waals surface area contributed by atoms with Crippen molar-refractivity contribution in [1.29, 1.82) is 5.26 Å². The van der Waals surface area contributed by atoms with E-state index in [1.54, 1.807) is 13.2 Å². The van der Waals surface area contributed by atoms with Crippen LogP contribution in [0.3, 0.4) is 0 Å². The Bertz CT molecular complexity index is 631. The van der Waals surface area contributed by atoms with E-state index >= 15 is 0 Å². The quantitative estimate of drug-likeness (QED) is 0.929. The Morgan fingerprint density at radius 2 is 2.42 bits per heavy atom. The third kappa shape index (κ3) is 3.30. The lowest BCUT2D eigenvalue weighted by Gasteiger charge is -2.01. The fourth-order valence-corrected chi connectivity index (χ4v) is 2.22. The van der Waals surface area contributed by atoms with E-state index in [9.17, 15) is 4.79 Å². The first-order valence-corrected chi connectivity index (χ1v) is 6.37. The second-order valence-corrected chi connectivity index (χ2v) is 4.51. The molecule has 2 rings (SSSR count). The molecule has 0 saturated heterocycles. The number of aromatic nitrogens is 1. The average molecular weight is 273 g/mol. The minimum atomic E-state index is -0.353. The molecule has 0 fully saturated rings. The molecule has 1 heterocycles. The highest BCUT2D eigenvalue weighted by Crippen LogP contribution is 2.27. The molecule has 96 valence electrons. The van der Waals surface area contributed by atoms with Crippen molar-refractivity contribution in [2.24, 2.45) is 0 Å². The summed E-state index contributed by atoms with van der Waals surface area (Å²) in [7, 11) is 1.60. The Balaban J connectivity index is 2.16. The largest absolute Gasteiger partial charge is 0.497 e. The van der Waals surface area contributed by atoms with Crippen molar-refractivity contribution in [1.82, 2.24) is 4.98 Å². The van der Waals surface area contributed by atoms with Crippen LogP contribution in [0.5, 0.6) is 5.75 Å². The summed E-state index contributed by atoms with van der Waals surface area (Å²) >= 11 is 1.32. The predicted octanol–water partition coefficient (Wildman–Crippen LogP) is 2.67. The number of thiazole rings is 1. The first-order chi connectivity index (χ1) is 9.22. The van der Waals surface area contributed by atoms with E-state index in [-0.39, 0.29) is 12.3 Å². The van der Waals surface area contributed by atoms with Crippen LogP contribution in [0.15, 0.2) is 29.6 Å². The second kappa shape index (κ2) is 5.98. The first-order valence-electron chi connectivity index (χ1n) is 5.49. The number of hydrogen-bond acceptors (Lipinski definition) is 5. The molecule has 1 aromatic heterocycles. The van der Waals surface area contributed by atoms with Crippen molar-refractivity contribution in [2.75, 3.05) is 12.4 Å². The van der Waals surface area contributed by atoms with E-state index in [0.29, 0.717) is 5.13 Å². The smallest absolute Gasteiger partial charge is 0.240 e. The molecule has 1 aromatic carbocycles. The molecule has 5 nitrogen and oxygen atoms in total. The Morgan fingerprint density at radius 3 is 3.16 bits per heavy atom. The maximum absolute atomic E-state index is 11.3. The number of anilines is 1. The molecule has 19 heavy (non-hydrogen) atoms. The summed E-state index contributed by atoms with van der Waals surface area (Å²) in [5.74, 6) is 0.398. The summed E-state index contributed by atoms with van der Waals surface area (Å²) in [4.78, 5) is 15.6. The summed E-state index contributed by atoms with van der Waals surface area (Å²) in [5.41, 5.74) is 1.67. The number of hydrogen-bond donors (Lipinski definition) is 1. The number of benzene rings is 1. The van der Waals surface area contributed by atoms with Crippen molar-refractivity contribution in [2.45, 2.75) is 6.42 Å². The molecule has 0 atom stereocenters. The minimum absolute atomic E-state index is 0.173. The Labute approximate surface area is 114 Å². The standard InChI is InChI=1S/C13H11N3O2S/c1-18-10-4-2-3-9(7-10)11-8-19-13(15-11)16-12(17)5-6-14/h2-4,7-8H,5H2,1H3,(H,15,16,17). The van der Waals surface area contributed by atoms with E-state index < -0.39 is 0 Å². The molecule has 0 bridgehead atoms. The van der Waals surface area contributed by atoms with Gasteiger partial charge in [0.25, 0.3) is 0 Å². The van der Waals surface area contributed by atoms with E-state index in [1.807, 2.05) is 29.6 Å². The molecule has 0 aliphatic rings. The van der Waals surface area contributed by atoms with Crippen LogP contribution in [-0.2, 0) is 4.79 Å². The van der Waals surface area contributed by atoms with Crippen molar-refractivity contribution in [3.8, 4) is 23.1 Å². The van der Waals surface area contributed by atoms with Gasteiger partial charge in [-0.15, -0.1) is 11.3 Å². The third-order valence-corrected chi connectivity index (χ3v) is 3.11. The number of methoxy groups -OCH3 is 1. The van der Waals surface area contributed by atoms with Gasteiger partial charge in [-0.1, -0.05) is 12.1 Å². The summed E-state index contributed by atoms with van der Waals surface area (Å²) < 4.78 is 5.15. The fraction of sp³-hybridized carbons (Fsp3) is 0.154. The molecule has 0 unspecified atom stereocenters. The van der Waals surface area contributed by atoms with Gasteiger partial charge in [0, 0.05) is 10.9 Å². The molecule has 0 radical (unpaired) electrons. The van der Waals surface area contributed by atoms with Gasteiger partial charge < -0.3 is 10.1 Å². The molecule has 1 amide bonds. The lowest BCUT2D eigenvalue weighted by atomic mass is 10.2. The third-order valence-electron chi connectivity index (χ3n) is 2.36. The zero-order valence-electron chi connectivity index (χ0n) is 10.2. The number of nitrogens with zero attached hydrogens (tertiary/aromatic N) is 2. The SMILES string of the molecule is COc1cccc(-c2csc(NC(=O)CC#N)n2)c1. The highest BCUT2D eigenvalue weighted by atomic mass is 32.1. The maximum atomic E-state index is 11.3. The average Bonchev–Trinajstić information content (AvgIpc) is 2.87. The number of carbonyl (C=O) groups excluding carboxylic acids is 1. The van der Waals surface area contributed by atoms with Gasteiger partial charge in [-0.25, -0.2) is 4.98 Å². The lowest BCUT2D eigenvalue weighted by Crippen LogP contribution is -2.09. The van der Waals surface area contributed by atoms with Crippen molar-refractivity contribution < 1.29 is 9.53 Å². The molecule has 2 aromatic rings. The van der Waals surface area contributed by atoms with Gasteiger partial charge in [-0.3, -0.25) is 4.79 Å². The summed E-state index contributed by atoms with van der Waals surface area (Å²) in [6, 6.07) is 9.30. The molecule has 0 saturated carbocycles. The second-order valence-electron chi connectivity index (χ2n) is 3.65. The molecule has 0 aliphatic carbocycles. The molecule has 6 heteroatoms. The zero-order chi connectivity index (χ0) is 13.7. The van der Waals surface area contributed by atoms with Crippen LogP contribution >= 0.6 is 11.3 Å². The van der Waals surface area contributed by atoms with Crippen LogP contribution in [0.1, 0.15) is 6.42 Å². The minimum Gasteiger partial charge on any atom is -0.497 e. The number of nitrogens with one attached hydrogen (secondary N) is 1. The van der Waals surface area contributed by atoms with Crippen LogP contribution in [0.4, 0.5) is 5.13 Å². The summed E-state index contributed by atoms with van der Waals surface area (Å²) in [6.45, 7) is 0. The number of carbonyl (C=O) groups is 1. The lowest BCUT2D eigenvalue weighted by molar-refractivity contribution is -0.115. The van der Waals surface area contributed by atoms with E-state index in [2.05, 4.69) is 10.3 Å². The van der Waals surface area contributed by atoms with Gasteiger partial charge in [0.05, 0.1) is 18.9 Å². The van der Waals surface area contributed by atoms with Crippen molar-refractivity contribution >= 4 is 22.4 Å². The van der Waals surface area contributed by atoms with Gasteiger partial charge in [0.2, 0.25) is 5.91 Å². The van der Waals surface area contributed by atoms with Crippen LogP contribution in [0, 0.1) is 11.3 Å². The maximum Gasteiger partial charge on any atom is 0.240 e. The van der Waals surface area contributed by atoms with Gasteiger partial charge >= 0.3 is 0 Å².